The molecule has 0 fully saturated rings. The Labute approximate surface area is 104 Å². The number of rotatable bonds is 6. The molecule has 0 aliphatic rings. The standard InChI is InChI=1S/C12H20N2O2S/c1-4-17(15,16)13-11(2)10-14(3)12-8-6-5-7-9-12/h5-9,11,13H,4,10H2,1-3H3/t11-/m1/s1. The lowest BCUT2D eigenvalue weighted by molar-refractivity contribution is 0.561. The topological polar surface area (TPSA) is 49.4 Å². The zero-order valence-electron chi connectivity index (χ0n) is 10.6. The maximum Gasteiger partial charge on any atom is 0.211 e. The molecular weight excluding hydrogens is 236 g/mol. The molecule has 0 saturated carbocycles. The van der Waals surface area contributed by atoms with Gasteiger partial charge in [-0.25, -0.2) is 13.1 Å². The highest BCUT2D eigenvalue weighted by Gasteiger charge is 2.13. The molecule has 0 saturated heterocycles. The smallest absolute Gasteiger partial charge is 0.211 e. The van der Waals surface area contributed by atoms with Crippen LogP contribution in [0.15, 0.2) is 30.3 Å². The number of sulfonamides is 1. The molecule has 0 aromatic heterocycles. The van der Waals surface area contributed by atoms with Crippen molar-refractivity contribution in [2.45, 2.75) is 19.9 Å². The largest absolute Gasteiger partial charge is 0.373 e. The van der Waals surface area contributed by atoms with Crippen LogP contribution in [0.4, 0.5) is 5.69 Å². The van der Waals surface area contributed by atoms with Crippen molar-refractivity contribution in [1.29, 1.82) is 0 Å². The fraction of sp³-hybridized carbons (Fsp3) is 0.500. The van der Waals surface area contributed by atoms with Crippen molar-refractivity contribution in [2.75, 3.05) is 24.2 Å². The maximum atomic E-state index is 11.4. The van der Waals surface area contributed by atoms with E-state index in [4.69, 9.17) is 0 Å². The van der Waals surface area contributed by atoms with E-state index in [1.54, 1.807) is 6.92 Å². The minimum absolute atomic E-state index is 0.106. The first-order valence-corrected chi connectivity index (χ1v) is 7.36. The summed E-state index contributed by atoms with van der Waals surface area (Å²) in [4.78, 5) is 2.03. The van der Waals surface area contributed by atoms with Gasteiger partial charge in [0.15, 0.2) is 0 Å². The van der Waals surface area contributed by atoms with Crippen molar-refractivity contribution in [3.63, 3.8) is 0 Å². The van der Waals surface area contributed by atoms with Crippen molar-refractivity contribution < 1.29 is 8.42 Å². The normalized spacial score (nSPS) is 13.4. The Kier molecular flexibility index (Phi) is 4.96. The van der Waals surface area contributed by atoms with Gasteiger partial charge in [-0.1, -0.05) is 18.2 Å². The molecule has 0 unspecified atom stereocenters. The monoisotopic (exact) mass is 256 g/mol. The second-order valence-electron chi connectivity index (χ2n) is 4.14. The third-order valence-electron chi connectivity index (χ3n) is 2.51. The van der Waals surface area contributed by atoms with E-state index in [-0.39, 0.29) is 11.8 Å². The predicted molar refractivity (Wildman–Crippen MR) is 71.8 cm³/mol. The summed E-state index contributed by atoms with van der Waals surface area (Å²) in [5.74, 6) is 0.117. The fourth-order valence-corrected chi connectivity index (χ4v) is 2.48. The van der Waals surface area contributed by atoms with Gasteiger partial charge < -0.3 is 4.90 Å². The molecule has 0 aliphatic heterocycles. The van der Waals surface area contributed by atoms with Crippen LogP contribution in [0.25, 0.3) is 0 Å². The summed E-state index contributed by atoms with van der Waals surface area (Å²) in [5.41, 5.74) is 1.08. The molecule has 1 aromatic carbocycles. The van der Waals surface area contributed by atoms with Gasteiger partial charge in [-0.3, -0.25) is 0 Å². The SMILES string of the molecule is CCS(=O)(=O)N[C@H](C)CN(C)c1ccccc1. The number of benzene rings is 1. The van der Waals surface area contributed by atoms with Gasteiger partial charge in [-0.15, -0.1) is 0 Å². The summed E-state index contributed by atoms with van der Waals surface area (Å²) >= 11 is 0. The van der Waals surface area contributed by atoms with Crippen LogP contribution in [-0.2, 0) is 10.0 Å². The third kappa shape index (κ3) is 4.75. The summed E-state index contributed by atoms with van der Waals surface area (Å²) in [6, 6.07) is 9.78. The van der Waals surface area contributed by atoms with Gasteiger partial charge in [0.2, 0.25) is 10.0 Å². The zero-order valence-corrected chi connectivity index (χ0v) is 11.4. The van der Waals surface area contributed by atoms with Crippen LogP contribution in [0.1, 0.15) is 13.8 Å². The summed E-state index contributed by atoms with van der Waals surface area (Å²) < 4.78 is 25.4. The number of likely N-dealkylation sites (N-methyl/N-ethyl adjacent to an activating group) is 1. The molecular formula is C12H20N2O2S. The van der Waals surface area contributed by atoms with Crippen molar-refractivity contribution in [3.05, 3.63) is 30.3 Å². The van der Waals surface area contributed by atoms with Crippen molar-refractivity contribution in [3.8, 4) is 0 Å². The minimum Gasteiger partial charge on any atom is -0.373 e. The molecule has 0 radical (unpaired) electrons. The van der Waals surface area contributed by atoms with E-state index in [0.29, 0.717) is 6.54 Å². The molecule has 1 N–H and O–H groups in total. The first-order chi connectivity index (χ1) is 7.94. The van der Waals surface area contributed by atoms with Crippen molar-refractivity contribution in [2.24, 2.45) is 0 Å². The lowest BCUT2D eigenvalue weighted by Gasteiger charge is -2.23. The number of anilines is 1. The van der Waals surface area contributed by atoms with E-state index in [0.717, 1.165) is 5.69 Å². The number of nitrogens with zero attached hydrogens (tertiary/aromatic N) is 1. The molecule has 96 valence electrons. The minimum atomic E-state index is -3.12. The Bertz CT molecular complexity index is 431. The highest BCUT2D eigenvalue weighted by Crippen LogP contribution is 2.11. The molecule has 17 heavy (non-hydrogen) atoms. The number of hydrogen-bond donors (Lipinski definition) is 1. The molecule has 0 aliphatic carbocycles. The van der Waals surface area contributed by atoms with Gasteiger partial charge >= 0.3 is 0 Å². The maximum absolute atomic E-state index is 11.4. The molecule has 1 aromatic rings. The molecule has 5 heteroatoms. The van der Waals surface area contributed by atoms with Crippen LogP contribution in [-0.4, -0.2) is 33.8 Å². The van der Waals surface area contributed by atoms with Gasteiger partial charge in [0.1, 0.15) is 0 Å². The van der Waals surface area contributed by atoms with Crippen LogP contribution in [0.2, 0.25) is 0 Å². The number of para-hydroxylation sites is 1. The van der Waals surface area contributed by atoms with Gasteiger partial charge in [0.05, 0.1) is 5.75 Å². The van der Waals surface area contributed by atoms with E-state index in [1.165, 1.54) is 0 Å². The van der Waals surface area contributed by atoms with E-state index in [9.17, 15) is 8.42 Å². The summed E-state index contributed by atoms with van der Waals surface area (Å²) in [6.07, 6.45) is 0. The first kappa shape index (κ1) is 14.0. The van der Waals surface area contributed by atoms with Gasteiger partial charge in [0.25, 0.3) is 0 Å². The summed E-state index contributed by atoms with van der Waals surface area (Å²) in [5, 5.41) is 0. The average Bonchev–Trinajstić information content (AvgIpc) is 2.29. The number of hydrogen-bond acceptors (Lipinski definition) is 3. The molecule has 0 bridgehead atoms. The van der Waals surface area contributed by atoms with Gasteiger partial charge in [0, 0.05) is 25.3 Å². The summed E-state index contributed by atoms with van der Waals surface area (Å²) in [6.45, 7) is 4.14. The van der Waals surface area contributed by atoms with E-state index in [2.05, 4.69) is 4.72 Å². The Hall–Kier alpha value is -1.07. The molecule has 0 amide bonds. The molecule has 4 nitrogen and oxygen atoms in total. The molecule has 0 heterocycles. The van der Waals surface area contributed by atoms with Crippen LogP contribution < -0.4 is 9.62 Å². The molecule has 1 atom stereocenters. The van der Waals surface area contributed by atoms with Crippen molar-refractivity contribution >= 4 is 15.7 Å². The predicted octanol–water partition coefficient (Wildman–Crippen LogP) is 1.45. The van der Waals surface area contributed by atoms with Crippen molar-refractivity contribution in [1.82, 2.24) is 4.72 Å². The van der Waals surface area contributed by atoms with Gasteiger partial charge in [-0.2, -0.15) is 0 Å². The Morgan fingerprint density at radius 2 is 1.88 bits per heavy atom. The quantitative estimate of drug-likeness (QED) is 0.838. The lowest BCUT2D eigenvalue weighted by Crippen LogP contribution is -2.41. The van der Waals surface area contributed by atoms with E-state index < -0.39 is 10.0 Å². The van der Waals surface area contributed by atoms with Crippen LogP contribution in [0.5, 0.6) is 0 Å². The molecule has 1 rings (SSSR count). The second kappa shape index (κ2) is 6.02. The fourth-order valence-electron chi connectivity index (χ4n) is 1.63. The highest BCUT2D eigenvalue weighted by molar-refractivity contribution is 7.89. The lowest BCUT2D eigenvalue weighted by atomic mass is 10.2. The second-order valence-corrected chi connectivity index (χ2v) is 6.18. The highest BCUT2D eigenvalue weighted by atomic mass is 32.2. The van der Waals surface area contributed by atoms with E-state index >= 15 is 0 Å². The van der Waals surface area contributed by atoms with Gasteiger partial charge in [-0.05, 0) is 26.0 Å². The Morgan fingerprint density at radius 3 is 2.41 bits per heavy atom. The van der Waals surface area contributed by atoms with Crippen LogP contribution >= 0.6 is 0 Å². The Morgan fingerprint density at radius 1 is 1.29 bits per heavy atom. The zero-order chi connectivity index (χ0) is 12.9. The van der Waals surface area contributed by atoms with Crippen LogP contribution in [0.3, 0.4) is 0 Å². The molecule has 0 spiro atoms. The van der Waals surface area contributed by atoms with E-state index in [1.807, 2.05) is 49.2 Å². The Balaban J connectivity index is 2.55. The number of nitrogens with one attached hydrogen (secondary N) is 1. The van der Waals surface area contributed by atoms with Crippen LogP contribution in [0, 0.1) is 0 Å². The summed E-state index contributed by atoms with van der Waals surface area (Å²) in [7, 11) is -1.17. The first-order valence-electron chi connectivity index (χ1n) is 5.71. The average molecular weight is 256 g/mol. The third-order valence-corrected chi connectivity index (χ3v) is 4.03.